The number of para-hydroxylation sites is 1. The van der Waals surface area contributed by atoms with Gasteiger partial charge < -0.3 is 0 Å². The first-order valence-electron chi connectivity index (χ1n) is 11.9. The van der Waals surface area contributed by atoms with E-state index >= 15 is 0 Å². The van der Waals surface area contributed by atoms with Crippen molar-refractivity contribution in [3.63, 3.8) is 0 Å². The Labute approximate surface area is 246 Å². The maximum atomic E-state index is 13.7. The molecule has 0 bridgehead atoms. The average Bonchev–Trinajstić information content (AvgIpc) is 3.38. The van der Waals surface area contributed by atoms with Crippen LogP contribution in [0.2, 0.25) is 20.1 Å². The van der Waals surface area contributed by atoms with E-state index in [-0.39, 0.29) is 53.7 Å². The van der Waals surface area contributed by atoms with Crippen LogP contribution in [-0.4, -0.2) is 28.4 Å². The second-order valence-corrected chi connectivity index (χ2v) is 10.9. The number of fused-ring (bicyclic) bond motifs is 5. The number of ketones is 2. The van der Waals surface area contributed by atoms with Crippen LogP contribution < -0.4 is 4.90 Å². The number of hydrogen-bond donors (Lipinski definition) is 0. The van der Waals surface area contributed by atoms with E-state index in [0.717, 1.165) is 10.3 Å². The molecule has 6 nitrogen and oxygen atoms in total. The molecule has 1 aliphatic carbocycles. The van der Waals surface area contributed by atoms with Gasteiger partial charge in [0.05, 0.1) is 59.2 Å². The zero-order chi connectivity index (χ0) is 28.0. The molecule has 40 heavy (non-hydrogen) atoms. The van der Waals surface area contributed by atoms with Crippen LogP contribution in [0.15, 0.2) is 66.7 Å². The summed E-state index contributed by atoms with van der Waals surface area (Å²) in [4.78, 5) is 59.9. The van der Waals surface area contributed by atoms with Gasteiger partial charge in [0.25, 0.3) is 11.8 Å². The molecule has 0 radical (unpaired) electrons. The van der Waals surface area contributed by atoms with Gasteiger partial charge in [-0.15, -0.1) is 0 Å². The number of pyridine rings is 1. The number of nitrogens with zero attached hydrogens (tertiary/aromatic N) is 2. The smallest absolute Gasteiger partial charge is 0.266 e. The number of hydrogen-bond acceptors (Lipinski definition) is 5. The lowest BCUT2D eigenvalue weighted by Gasteiger charge is -2.17. The molecule has 2 amide bonds. The van der Waals surface area contributed by atoms with Gasteiger partial charge in [0, 0.05) is 5.39 Å². The number of Topliss-reactive ketones (excluding diaryl/α,β-unsaturated/α-hetero) is 2. The van der Waals surface area contributed by atoms with E-state index in [4.69, 9.17) is 46.4 Å². The molecular weight excluding hydrogens is 594 g/mol. The minimum Gasteiger partial charge on any atom is -0.293 e. The fraction of sp³-hybridized carbons (Fsp3) is 0.0333. The topological polar surface area (TPSA) is 84.4 Å². The zero-order valence-electron chi connectivity index (χ0n) is 20.0. The second-order valence-electron chi connectivity index (χ2n) is 9.41. The fourth-order valence-electron chi connectivity index (χ4n) is 5.48. The normalized spacial score (nSPS) is 15.1. The summed E-state index contributed by atoms with van der Waals surface area (Å²) in [6.45, 7) is 0. The molecule has 2 heterocycles. The molecule has 10 heteroatoms. The highest BCUT2D eigenvalue weighted by Gasteiger charge is 2.45. The van der Waals surface area contributed by atoms with Crippen LogP contribution in [0.5, 0.6) is 0 Å². The summed E-state index contributed by atoms with van der Waals surface area (Å²) in [5, 5.41) is 1.53. The maximum absolute atomic E-state index is 13.7. The minimum atomic E-state index is -1.36. The number of aromatic nitrogens is 1. The summed E-state index contributed by atoms with van der Waals surface area (Å²) in [5.41, 5.74) is 0.970. The standard InChI is InChI=1S/C30H12Cl4N2O4/c31-22-20-21(23(32)25(34)24(22)33)28(38)19(27(20)37)16-11-9-13-5-3-7-17(26(13)35-16)36-29(39)15-10-8-12-4-1-2-6-14(12)18(15)30(36)40/h1-11,19H. The van der Waals surface area contributed by atoms with Gasteiger partial charge in [-0.3, -0.25) is 19.2 Å². The van der Waals surface area contributed by atoms with E-state index in [1.54, 1.807) is 54.6 Å². The molecule has 0 N–H and O–H groups in total. The third kappa shape index (κ3) is 3.28. The van der Waals surface area contributed by atoms with Gasteiger partial charge in [-0.25, -0.2) is 9.88 Å². The average molecular weight is 606 g/mol. The van der Waals surface area contributed by atoms with Crippen molar-refractivity contribution in [3.8, 4) is 0 Å². The third-order valence-electron chi connectivity index (χ3n) is 7.32. The lowest BCUT2D eigenvalue weighted by atomic mass is 9.98. The van der Waals surface area contributed by atoms with Crippen LogP contribution in [0.1, 0.15) is 53.0 Å². The number of anilines is 1. The molecule has 0 saturated heterocycles. The van der Waals surface area contributed by atoms with Gasteiger partial charge >= 0.3 is 0 Å². The second kappa shape index (κ2) is 8.85. The summed E-state index contributed by atoms with van der Waals surface area (Å²) >= 11 is 24.9. The number of amides is 2. The number of carbonyl (C=O) groups excluding carboxylic acids is 4. The molecule has 2 aliphatic rings. The monoisotopic (exact) mass is 604 g/mol. The molecule has 0 saturated carbocycles. The Morgan fingerprint density at radius 2 is 1.23 bits per heavy atom. The van der Waals surface area contributed by atoms with Crippen molar-refractivity contribution < 1.29 is 19.2 Å². The number of imide groups is 1. The molecule has 194 valence electrons. The van der Waals surface area contributed by atoms with E-state index in [0.29, 0.717) is 16.3 Å². The highest BCUT2D eigenvalue weighted by atomic mass is 35.5. The first-order valence-corrected chi connectivity index (χ1v) is 13.5. The van der Waals surface area contributed by atoms with Crippen LogP contribution in [0.3, 0.4) is 0 Å². The summed E-state index contributed by atoms with van der Waals surface area (Å²) in [7, 11) is 0. The van der Waals surface area contributed by atoms with Gasteiger partial charge in [0.15, 0.2) is 11.6 Å². The van der Waals surface area contributed by atoms with Crippen molar-refractivity contribution in [2.24, 2.45) is 0 Å². The molecule has 4 aromatic carbocycles. The van der Waals surface area contributed by atoms with E-state index in [9.17, 15) is 19.2 Å². The number of benzene rings is 4. The van der Waals surface area contributed by atoms with Gasteiger partial charge in [-0.1, -0.05) is 94.9 Å². The van der Waals surface area contributed by atoms with Crippen LogP contribution >= 0.6 is 46.4 Å². The molecule has 1 aromatic heterocycles. The van der Waals surface area contributed by atoms with Crippen molar-refractivity contribution in [1.29, 1.82) is 0 Å². The predicted molar refractivity (Wildman–Crippen MR) is 155 cm³/mol. The number of rotatable bonds is 2. The van der Waals surface area contributed by atoms with Crippen molar-refractivity contribution in [2.75, 3.05) is 4.90 Å². The SMILES string of the molecule is O=C1c2c(Cl)c(Cl)c(Cl)c(Cl)c2C(=O)C1c1ccc2cccc(N3C(=O)c4ccc5ccccc5c4C3=O)c2n1. The Hall–Kier alpha value is -3.81. The Kier molecular flexibility index (Phi) is 5.57. The number of carbonyl (C=O) groups is 4. The molecular formula is C30H12Cl4N2O4. The highest BCUT2D eigenvalue weighted by molar-refractivity contribution is 6.55. The molecule has 1 aliphatic heterocycles. The zero-order valence-corrected chi connectivity index (χ0v) is 23.0. The van der Waals surface area contributed by atoms with Gasteiger partial charge in [-0.05, 0) is 29.0 Å². The Morgan fingerprint density at radius 1 is 0.600 bits per heavy atom. The minimum absolute atomic E-state index is 0.104. The molecule has 7 rings (SSSR count). The summed E-state index contributed by atoms with van der Waals surface area (Å²) in [5.74, 6) is -3.58. The van der Waals surface area contributed by atoms with E-state index in [1.807, 2.05) is 12.1 Å². The first-order chi connectivity index (χ1) is 19.2. The third-order valence-corrected chi connectivity index (χ3v) is 9.12. The van der Waals surface area contributed by atoms with Crippen LogP contribution in [0.4, 0.5) is 5.69 Å². The van der Waals surface area contributed by atoms with E-state index in [1.165, 1.54) is 0 Å². The molecule has 0 fully saturated rings. The van der Waals surface area contributed by atoms with E-state index < -0.39 is 29.3 Å². The molecule has 0 atom stereocenters. The molecule has 5 aromatic rings. The fourth-order valence-corrected chi connectivity index (χ4v) is 6.52. The van der Waals surface area contributed by atoms with Crippen molar-refractivity contribution in [3.05, 3.63) is 115 Å². The molecule has 0 unspecified atom stereocenters. The van der Waals surface area contributed by atoms with Crippen molar-refractivity contribution >= 4 is 97.1 Å². The Bertz CT molecular complexity index is 2010. The Balaban J connectivity index is 1.38. The number of halogens is 4. The summed E-state index contributed by atoms with van der Waals surface area (Å²) < 4.78 is 0. The summed E-state index contributed by atoms with van der Waals surface area (Å²) in [6.07, 6.45) is 0. The molecule has 0 spiro atoms. The summed E-state index contributed by atoms with van der Waals surface area (Å²) in [6, 6.07) is 19.0. The first kappa shape index (κ1) is 25.2. The largest absolute Gasteiger partial charge is 0.293 e. The maximum Gasteiger partial charge on any atom is 0.266 e. The van der Waals surface area contributed by atoms with Crippen molar-refractivity contribution in [1.82, 2.24) is 4.98 Å². The van der Waals surface area contributed by atoms with Crippen molar-refractivity contribution in [2.45, 2.75) is 5.92 Å². The lowest BCUT2D eigenvalue weighted by molar-refractivity contribution is 0.0882. The predicted octanol–water partition coefficient (Wildman–Crippen LogP) is 7.97. The Morgan fingerprint density at radius 3 is 1.93 bits per heavy atom. The highest BCUT2D eigenvalue weighted by Crippen LogP contribution is 2.48. The quantitative estimate of drug-likeness (QED) is 0.0882. The van der Waals surface area contributed by atoms with Gasteiger partial charge in [0.1, 0.15) is 5.92 Å². The van der Waals surface area contributed by atoms with E-state index in [2.05, 4.69) is 4.98 Å². The van der Waals surface area contributed by atoms with Crippen LogP contribution in [0.25, 0.3) is 21.7 Å². The van der Waals surface area contributed by atoms with Gasteiger partial charge in [-0.2, -0.15) is 0 Å². The van der Waals surface area contributed by atoms with Gasteiger partial charge in [0.2, 0.25) is 0 Å². The lowest BCUT2D eigenvalue weighted by Crippen LogP contribution is -2.29. The van der Waals surface area contributed by atoms with Crippen LogP contribution in [-0.2, 0) is 0 Å². The van der Waals surface area contributed by atoms with Crippen LogP contribution in [0, 0.1) is 0 Å².